The van der Waals surface area contributed by atoms with E-state index in [-0.39, 0.29) is 11.8 Å². The first kappa shape index (κ1) is 25.6. The van der Waals surface area contributed by atoms with E-state index >= 15 is 0 Å². The van der Waals surface area contributed by atoms with E-state index in [1.807, 2.05) is 56.3 Å². The number of anilines is 1. The van der Waals surface area contributed by atoms with E-state index in [9.17, 15) is 9.59 Å². The Labute approximate surface area is 223 Å². The largest absolute Gasteiger partial charge is 0.493 e. The van der Waals surface area contributed by atoms with E-state index in [1.54, 1.807) is 14.2 Å². The highest BCUT2D eigenvalue weighted by Crippen LogP contribution is 2.42. The molecule has 0 bridgehead atoms. The second-order valence-electron chi connectivity index (χ2n) is 9.78. The lowest BCUT2D eigenvalue weighted by Crippen LogP contribution is -2.33. The third-order valence-electron chi connectivity index (χ3n) is 7.43. The summed E-state index contributed by atoms with van der Waals surface area (Å²) in [6, 6.07) is 11.5. The van der Waals surface area contributed by atoms with Crippen LogP contribution in [-0.2, 0) is 4.79 Å². The number of amides is 2. The third kappa shape index (κ3) is 4.79. The monoisotopic (exact) mass is 514 g/mol. The van der Waals surface area contributed by atoms with Crippen LogP contribution in [0.25, 0.3) is 22.8 Å². The molecule has 1 fully saturated rings. The van der Waals surface area contributed by atoms with Crippen molar-refractivity contribution in [2.75, 3.05) is 45.7 Å². The average molecular weight is 515 g/mol. The quantitative estimate of drug-likeness (QED) is 0.381. The number of fused-ring (bicyclic) bond motifs is 1. The number of likely N-dealkylation sites (tertiary alicyclic amines) is 1. The maximum Gasteiger partial charge on any atom is 0.256 e. The lowest BCUT2D eigenvalue weighted by atomic mass is 9.94. The number of hydrogen-bond acceptors (Lipinski definition) is 5. The summed E-state index contributed by atoms with van der Waals surface area (Å²) in [7, 11) is 3.20. The molecule has 0 radical (unpaired) electrons. The van der Waals surface area contributed by atoms with Crippen LogP contribution in [-0.4, -0.2) is 62.1 Å². The van der Waals surface area contributed by atoms with Crippen LogP contribution in [0.4, 0.5) is 5.69 Å². The van der Waals surface area contributed by atoms with E-state index in [0.717, 1.165) is 59.0 Å². The number of carbonyl (C=O) groups is 2. The van der Waals surface area contributed by atoms with Gasteiger partial charge in [0.1, 0.15) is 0 Å². The molecule has 5 rings (SSSR count). The Kier molecular flexibility index (Phi) is 7.24. The molecule has 8 heteroatoms. The predicted molar refractivity (Wildman–Crippen MR) is 150 cm³/mol. The number of aromatic nitrogens is 1. The van der Waals surface area contributed by atoms with E-state index in [0.29, 0.717) is 29.2 Å². The van der Waals surface area contributed by atoms with Gasteiger partial charge in [0.2, 0.25) is 0 Å². The number of hydrogen-bond donors (Lipinski definition) is 3. The lowest BCUT2D eigenvalue weighted by Gasteiger charge is -2.14. The van der Waals surface area contributed by atoms with Gasteiger partial charge in [-0.3, -0.25) is 9.59 Å². The highest BCUT2D eigenvalue weighted by atomic mass is 16.5. The van der Waals surface area contributed by atoms with Crippen LogP contribution in [0.15, 0.2) is 36.4 Å². The minimum Gasteiger partial charge on any atom is -0.493 e. The predicted octanol–water partition coefficient (Wildman–Crippen LogP) is 4.63. The molecule has 2 aliphatic heterocycles. The van der Waals surface area contributed by atoms with E-state index in [4.69, 9.17) is 9.47 Å². The number of nitrogens with zero attached hydrogens (tertiary/aromatic N) is 1. The molecule has 2 aromatic carbocycles. The van der Waals surface area contributed by atoms with Crippen molar-refractivity contribution in [3.8, 4) is 22.6 Å². The summed E-state index contributed by atoms with van der Waals surface area (Å²) in [5.74, 6) is 0.970. The van der Waals surface area contributed by atoms with E-state index in [1.165, 1.54) is 12.8 Å². The summed E-state index contributed by atoms with van der Waals surface area (Å²) in [6.45, 7) is 7.49. The van der Waals surface area contributed by atoms with Crippen LogP contribution in [0.1, 0.15) is 45.7 Å². The van der Waals surface area contributed by atoms with Gasteiger partial charge in [0, 0.05) is 35.7 Å². The van der Waals surface area contributed by atoms with Gasteiger partial charge in [0.05, 0.1) is 25.4 Å². The van der Waals surface area contributed by atoms with Gasteiger partial charge in [0.25, 0.3) is 11.8 Å². The van der Waals surface area contributed by atoms with Crippen LogP contribution in [0.5, 0.6) is 11.5 Å². The second kappa shape index (κ2) is 10.8. The van der Waals surface area contributed by atoms with Gasteiger partial charge in [-0.1, -0.05) is 18.2 Å². The molecule has 38 heavy (non-hydrogen) atoms. The minimum atomic E-state index is -0.184. The first-order valence-electron chi connectivity index (χ1n) is 13.0. The van der Waals surface area contributed by atoms with E-state index in [2.05, 4.69) is 20.5 Å². The number of aromatic amines is 1. The SMILES string of the molecule is COc1ccc(-c2cccc3c2/C(=C/c2[nH]c(C)c(C(=O)NCCN4CCCC4)c2C)C(=O)N3)cc1OC. The lowest BCUT2D eigenvalue weighted by molar-refractivity contribution is -0.110. The Hall–Kier alpha value is -4.04. The molecule has 1 aromatic heterocycles. The van der Waals surface area contributed by atoms with Crippen LogP contribution in [0.3, 0.4) is 0 Å². The zero-order valence-corrected chi connectivity index (χ0v) is 22.4. The number of aryl methyl sites for hydroxylation is 1. The molecule has 198 valence electrons. The van der Waals surface area contributed by atoms with Gasteiger partial charge >= 0.3 is 0 Å². The molecule has 1 saturated heterocycles. The fourth-order valence-corrected chi connectivity index (χ4v) is 5.46. The van der Waals surface area contributed by atoms with Crippen molar-refractivity contribution in [2.45, 2.75) is 26.7 Å². The normalized spacial score (nSPS) is 16.0. The average Bonchev–Trinajstić information content (AvgIpc) is 3.62. The number of rotatable bonds is 8. The molecule has 3 N–H and O–H groups in total. The standard InChI is InChI=1S/C30H34N4O4/c1-18-24(32-19(2)27(18)30(36)31-12-15-34-13-5-6-14-34)17-22-28-21(8-7-9-23(28)33-29(22)35)20-10-11-25(37-3)26(16-20)38-4/h7-11,16-17,32H,5-6,12-15H2,1-4H3,(H,31,36)(H,33,35)/b22-17-. The van der Waals surface area contributed by atoms with Crippen LogP contribution >= 0.6 is 0 Å². The van der Waals surface area contributed by atoms with Gasteiger partial charge in [-0.25, -0.2) is 0 Å². The highest BCUT2D eigenvalue weighted by Gasteiger charge is 2.29. The second-order valence-corrected chi connectivity index (χ2v) is 9.78. The summed E-state index contributed by atoms with van der Waals surface area (Å²) < 4.78 is 10.9. The summed E-state index contributed by atoms with van der Waals surface area (Å²) in [4.78, 5) is 31.9. The topological polar surface area (TPSA) is 95.7 Å². The van der Waals surface area contributed by atoms with Crippen molar-refractivity contribution in [3.63, 3.8) is 0 Å². The molecule has 0 unspecified atom stereocenters. The first-order chi connectivity index (χ1) is 18.4. The maximum atomic E-state index is 13.1. The van der Waals surface area contributed by atoms with Gasteiger partial charge in [-0.2, -0.15) is 0 Å². The van der Waals surface area contributed by atoms with Gasteiger partial charge < -0.3 is 30.0 Å². The fourth-order valence-electron chi connectivity index (χ4n) is 5.46. The first-order valence-corrected chi connectivity index (χ1v) is 13.0. The van der Waals surface area contributed by atoms with Gasteiger partial charge in [-0.05, 0) is 80.7 Å². The molecule has 2 amide bonds. The summed E-state index contributed by atoms with van der Waals surface area (Å²) in [5, 5.41) is 6.05. The number of ether oxygens (including phenoxy) is 2. The Balaban J connectivity index is 1.46. The van der Waals surface area contributed by atoms with Crippen molar-refractivity contribution < 1.29 is 19.1 Å². The number of benzene rings is 2. The zero-order chi connectivity index (χ0) is 26.8. The Morgan fingerprint density at radius 2 is 1.84 bits per heavy atom. The minimum absolute atomic E-state index is 0.0950. The van der Waals surface area contributed by atoms with Crippen molar-refractivity contribution in [3.05, 3.63) is 64.5 Å². The summed E-state index contributed by atoms with van der Waals surface area (Å²) in [5.41, 5.74) is 6.86. The zero-order valence-electron chi connectivity index (χ0n) is 22.4. The van der Waals surface area contributed by atoms with Crippen molar-refractivity contribution in [1.29, 1.82) is 0 Å². The number of methoxy groups -OCH3 is 2. The number of nitrogens with one attached hydrogen (secondary N) is 3. The van der Waals surface area contributed by atoms with Crippen molar-refractivity contribution >= 4 is 29.2 Å². The molecular formula is C30H34N4O4. The van der Waals surface area contributed by atoms with Gasteiger partial charge in [-0.15, -0.1) is 0 Å². The smallest absolute Gasteiger partial charge is 0.256 e. The fraction of sp³-hybridized carbons (Fsp3) is 0.333. The molecular weight excluding hydrogens is 480 g/mol. The van der Waals surface area contributed by atoms with Gasteiger partial charge in [0.15, 0.2) is 11.5 Å². The molecule has 3 heterocycles. The van der Waals surface area contributed by atoms with Crippen LogP contribution in [0, 0.1) is 13.8 Å². The van der Waals surface area contributed by atoms with Crippen LogP contribution < -0.4 is 20.1 Å². The molecule has 8 nitrogen and oxygen atoms in total. The maximum absolute atomic E-state index is 13.1. The molecule has 0 saturated carbocycles. The number of H-pyrrole nitrogens is 1. The van der Waals surface area contributed by atoms with Crippen molar-refractivity contribution in [1.82, 2.24) is 15.2 Å². The van der Waals surface area contributed by atoms with Crippen LogP contribution in [0.2, 0.25) is 0 Å². The number of carbonyl (C=O) groups excluding carboxylic acids is 2. The Morgan fingerprint density at radius 3 is 2.58 bits per heavy atom. The molecule has 2 aliphatic rings. The van der Waals surface area contributed by atoms with E-state index < -0.39 is 0 Å². The van der Waals surface area contributed by atoms with Crippen molar-refractivity contribution in [2.24, 2.45) is 0 Å². The highest BCUT2D eigenvalue weighted by molar-refractivity contribution is 6.36. The Bertz CT molecular complexity index is 1420. The summed E-state index contributed by atoms with van der Waals surface area (Å²) >= 11 is 0. The molecule has 0 spiro atoms. The molecule has 3 aromatic rings. The molecule has 0 atom stereocenters. The summed E-state index contributed by atoms with van der Waals surface area (Å²) in [6.07, 6.45) is 4.30. The Morgan fingerprint density at radius 1 is 1.08 bits per heavy atom. The third-order valence-corrected chi connectivity index (χ3v) is 7.43. The molecule has 0 aliphatic carbocycles.